The predicted molar refractivity (Wildman–Crippen MR) is 246 cm³/mol. The largest absolute Gasteiger partial charge is 0.482 e. The second kappa shape index (κ2) is 18.8. The van der Waals surface area contributed by atoms with Crippen LogP contribution in [0, 0.1) is 13.8 Å². The van der Waals surface area contributed by atoms with Crippen molar-refractivity contribution in [3.8, 4) is 11.5 Å². The van der Waals surface area contributed by atoms with E-state index in [2.05, 4.69) is 101 Å². The van der Waals surface area contributed by atoms with Gasteiger partial charge in [-0.1, -0.05) is 24.3 Å². The van der Waals surface area contributed by atoms with E-state index in [4.69, 9.17) is 14.5 Å². The average Bonchev–Trinajstić information content (AvgIpc) is 3.68. The van der Waals surface area contributed by atoms with Crippen LogP contribution in [-0.2, 0) is 22.4 Å². The molecule has 320 valence electrons. The number of pyridine rings is 1. The molecule has 0 saturated carbocycles. The van der Waals surface area contributed by atoms with Crippen molar-refractivity contribution in [2.24, 2.45) is 0 Å². The fourth-order valence-corrected chi connectivity index (χ4v) is 8.94. The van der Waals surface area contributed by atoms with Gasteiger partial charge in [-0.05, 0) is 124 Å². The van der Waals surface area contributed by atoms with Gasteiger partial charge in [0.25, 0.3) is 11.8 Å². The molecule has 0 unspecified atom stereocenters. The van der Waals surface area contributed by atoms with Crippen LogP contribution in [0.3, 0.4) is 0 Å². The lowest BCUT2D eigenvalue weighted by Crippen LogP contribution is -2.32. The molecule has 6 heterocycles. The van der Waals surface area contributed by atoms with Crippen LogP contribution in [0.2, 0.25) is 0 Å². The molecule has 10 rings (SSSR count). The van der Waals surface area contributed by atoms with Crippen molar-refractivity contribution in [3.05, 3.63) is 114 Å². The number of nitrogens with one attached hydrogen (secondary N) is 2. The van der Waals surface area contributed by atoms with Crippen molar-refractivity contribution in [2.45, 2.75) is 39.5 Å². The topological polar surface area (TPSA) is 128 Å². The molecule has 2 fully saturated rings. The Kier molecular flexibility index (Phi) is 12.4. The summed E-state index contributed by atoms with van der Waals surface area (Å²) in [5.41, 5.74) is 9.66. The van der Waals surface area contributed by atoms with Gasteiger partial charge in [0.05, 0.1) is 22.4 Å². The Morgan fingerprint density at radius 2 is 1.13 bits per heavy atom. The first-order chi connectivity index (χ1) is 30.3. The number of rotatable bonds is 8. The number of carbonyl (C=O) groups excluding carboxylic acids is 2. The summed E-state index contributed by atoms with van der Waals surface area (Å²) in [6.07, 6.45) is 6.13. The van der Waals surface area contributed by atoms with Crippen LogP contribution in [0.1, 0.15) is 35.5 Å². The number of hydrogen-bond donors (Lipinski definition) is 2. The highest BCUT2D eigenvalue weighted by atomic mass is 16.5. The molecule has 62 heavy (non-hydrogen) atoms. The maximum atomic E-state index is 11.6. The first-order valence-electron chi connectivity index (χ1n) is 22.0. The maximum Gasteiger partial charge on any atom is 0.262 e. The standard InChI is InChI=1S/C25H28N4O2.C24H27N5O2/c1-18-6-8-20-21(26-18)4-2-5-23(20)29-12-3-11-28(14-15-29)13-10-19-7-9-24-22(16-19)27-25(30)17-31-24;1-17-25-15-19-20(26-17)4-2-5-22(19)29-10-3-9-28(12-13-29)11-8-18-6-7-23-21(14-18)27-24(30)16-31-23/h2,4-9,16H,3,10-15,17H2,1H3,(H,27,30);2,4-7,14-15H,3,8-13,16H2,1H3,(H,27,30). The minimum atomic E-state index is -0.0914. The van der Waals surface area contributed by atoms with E-state index in [1.165, 1.54) is 27.9 Å². The zero-order valence-corrected chi connectivity index (χ0v) is 35.7. The van der Waals surface area contributed by atoms with Gasteiger partial charge in [0.1, 0.15) is 17.3 Å². The van der Waals surface area contributed by atoms with Crippen molar-refractivity contribution in [3.63, 3.8) is 0 Å². The third-order valence-corrected chi connectivity index (χ3v) is 12.2. The van der Waals surface area contributed by atoms with Crippen LogP contribution >= 0.6 is 0 Å². The summed E-state index contributed by atoms with van der Waals surface area (Å²) in [6, 6.07) is 29.3. The number of aryl methyl sites for hydroxylation is 2. The number of hydrogen-bond acceptors (Lipinski definition) is 11. The van der Waals surface area contributed by atoms with E-state index in [0.29, 0.717) is 0 Å². The molecule has 6 aromatic rings. The summed E-state index contributed by atoms with van der Waals surface area (Å²) < 4.78 is 10.9. The number of nitrogens with zero attached hydrogens (tertiary/aromatic N) is 7. The Morgan fingerprint density at radius 1 is 0.581 bits per heavy atom. The Bertz CT molecular complexity index is 2410. The van der Waals surface area contributed by atoms with Crippen molar-refractivity contribution in [1.82, 2.24) is 24.8 Å². The van der Waals surface area contributed by atoms with Crippen LogP contribution in [0.15, 0.2) is 91.1 Å². The summed E-state index contributed by atoms with van der Waals surface area (Å²) >= 11 is 0. The predicted octanol–water partition coefficient (Wildman–Crippen LogP) is 6.65. The highest BCUT2D eigenvalue weighted by Gasteiger charge is 2.21. The second-order valence-corrected chi connectivity index (χ2v) is 16.6. The Balaban J connectivity index is 0.000000158. The number of amides is 2. The van der Waals surface area contributed by atoms with Crippen molar-refractivity contribution in [1.29, 1.82) is 0 Å². The maximum absolute atomic E-state index is 11.6. The molecule has 0 radical (unpaired) electrons. The molecule has 0 bridgehead atoms. The van der Waals surface area contributed by atoms with Gasteiger partial charge in [0, 0.05) is 86.4 Å². The summed E-state index contributed by atoms with van der Waals surface area (Å²) in [4.78, 5) is 46.9. The van der Waals surface area contributed by atoms with Gasteiger partial charge >= 0.3 is 0 Å². The molecule has 4 aromatic carbocycles. The number of anilines is 4. The van der Waals surface area contributed by atoms with E-state index in [1.807, 2.05) is 44.3 Å². The molecular formula is C49H55N9O4. The molecule has 2 N–H and O–H groups in total. The number of carbonyl (C=O) groups is 2. The third-order valence-electron chi connectivity index (χ3n) is 12.2. The Labute approximate surface area is 363 Å². The van der Waals surface area contributed by atoms with Gasteiger partial charge in [-0.2, -0.15) is 0 Å². The molecule has 0 spiro atoms. The van der Waals surface area contributed by atoms with E-state index >= 15 is 0 Å². The molecule has 4 aliphatic rings. The molecule has 4 aliphatic heterocycles. The number of aromatic nitrogens is 3. The van der Waals surface area contributed by atoms with Gasteiger partial charge < -0.3 is 39.7 Å². The number of benzene rings is 4. The van der Waals surface area contributed by atoms with E-state index < -0.39 is 0 Å². The second-order valence-electron chi connectivity index (χ2n) is 16.6. The van der Waals surface area contributed by atoms with E-state index in [0.717, 1.165) is 142 Å². The van der Waals surface area contributed by atoms with E-state index in [-0.39, 0.29) is 25.0 Å². The highest BCUT2D eigenvalue weighted by molar-refractivity contribution is 5.96. The zero-order chi connectivity index (χ0) is 42.4. The van der Waals surface area contributed by atoms with Crippen molar-refractivity contribution >= 4 is 56.4 Å². The highest BCUT2D eigenvalue weighted by Crippen LogP contribution is 2.31. The van der Waals surface area contributed by atoms with Crippen LogP contribution in [0.25, 0.3) is 21.8 Å². The first-order valence-corrected chi connectivity index (χ1v) is 22.0. The van der Waals surface area contributed by atoms with Crippen LogP contribution in [0.5, 0.6) is 11.5 Å². The fourth-order valence-electron chi connectivity index (χ4n) is 8.94. The van der Waals surface area contributed by atoms with Gasteiger partial charge in [-0.25, -0.2) is 9.97 Å². The normalized spacial score (nSPS) is 17.1. The fraction of sp³-hybridized carbons (Fsp3) is 0.367. The first kappa shape index (κ1) is 41.1. The van der Waals surface area contributed by atoms with Gasteiger partial charge in [0.15, 0.2) is 13.2 Å². The lowest BCUT2D eigenvalue weighted by Gasteiger charge is -2.25. The van der Waals surface area contributed by atoms with Crippen LogP contribution in [0.4, 0.5) is 22.7 Å². The molecule has 2 aromatic heterocycles. The number of fused-ring (bicyclic) bond motifs is 4. The lowest BCUT2D eigenvalue weighted by molar-refractivity contribution is -0.119. The number of ether oxygens (including phenoxy) is 2. The minimum absolute atomic E-state index is 0.0870. The molecule has 0 aliphatic carbocycles. The quantitative estimate of drug-likeness (QED) is 0.171. The smallest absolute Gasteiger partial charge is 0.262 e. The van der Waals surface area contributed by atoms with Crippen LogP contribution in [-0.4, -0.2) is 115 Å². The molecule has 13 nitrogen and oxygen atoms in total. The Morgan fingerprint density at radius 3 is 1.71 bits per heavy atom. The third kappa shape index (κ3) is 9.74. The van der Waals surface area contributed by atoms with E-state index in [9.17, 15) is 9.59 Å². The summed E-state index contributed by atoms with van der Waals surface area (Å²) in [5, 5.41) is 8.16. The van der Waals surface area contributed by atoms with Gasteiger partial charge in [-0.15, -0.1) is 0 Å². The van der Waals surface area contributed by atoms with Crippen molar-refractivity contribution < 1.29 is 19.1 Å². The molecular weight excluding hydrogens is 779 g/mol. The average molecular weight is 834 g/mol. The monoisotopic (exact) mass is 833 g/mol. The molecule has 2 saturated heterocycles. The summed E-state index contributed by atoms with van der Waals surface area (Å²) in [7, 11) is 0. The zero-order valence-electron chi connectivity index (χ0n) is 35.7. The summed E-state index contributed by atoms with van der Waals surface area (Å²) in [6.45, 7) is 14.5. The molecule has 13 heteroatoms. The minimum Gasteiger partial charge on any atom is -0.482 e. The Hall–Kier alpha value is -6.31. The van der Waals surface area contributed by atoms with Crippen LogP contribution < -0.4 is 29.9 Å². The van der Waals surface area contributed by atoms with E-state index in [1.54, 1.807) is 0 Å². The molecule has 0 atom stereocenters. The molecule has 2 amide bonds. The van der Waals surface area contributed by atoms with Crippen molar-refractivity contribution in [2.75, 3.05) is 99.1 Å². The summed E-state index contributed by atoms with van der Waals surface area (Å²) in [5.74, 6) is 2.14. The van der Waals surface area contributed by atoms with Gasteiger partial charge in [-0.3, -0.25) is 14.6 Å². The van der Waals surface area contributed by atoms with Gasteiger partial charge in [0.2, 0.25) is 0 Å². The lowest BCUT2D eigenvalue weighted by atomic mass is 10.1. The SMILES string of the molecule is Cc1ccc2c(N3CCCN(CCc4ccc5c(c4)NC(=O)CO5)CC3)cccc2n1.Cc1ncc2c(N3CCCN(CCc4ccc5c(c4)NC(=O)CO5)CC3)cccc2n1.